The van der Waals surface area contributed by atoms with E-state index in [-0.39, 0.29) is 5.78 Å². The first-order valence-corrected chi connectivity index (χ1v) is 8.74. The van der Waals surface area contributed by atoms with Gasteiger partial charge in [-0.25, -0.2) is 0 Å². The number of nitrogens with zero attached hydrogens (tertiary/aromatic N) is 1. The molecule has 1 aliphatic heterocycles. The van der Waals surface area contributed by atoms with Crippen molar-refractivity contribution in [2.75, 3.05) is 4.90 Å². The van der Waals surface area contributed by atoms with Gasteiger partial charge in [0.15, 0.2) is 5.78 Å². The fraction of sp³-hybridized carbons (Fsp3) is 0.0952. The van der Waals surface area contributed by atoms with E-state index < -0.39 is 0 Å². The van der Waals surface area contributed by atoms with E-state index in [4.69, 9.17) is 0 Å². The van der Waals surface area contributed by atoms with Crippen LogP contribution in [0.15, 0.2) is 76.5 Å². The minimum atomic E-state index is 0.0888. The summed E-state index contributed by atoms with van der Waals surface area (Å²) in [6.45, 7) is 3.71. The van der Waals surface area contributed by atoms with Crippen molar-refractivity contribution in [2.45, 2.75) is 23.6 Å². The van der Waals surface area contributed by atoms with Crippen molar-refractivity contribution in [1.82, 2.24) is 0 Å². The van der Waals surface area contributed by atoms with Crippen LogP contribution in [0.2, 0.25) is 0 Å². The lowest BCUT2D eigenvalue weighted by atomic mass is 10.1. The van der Waals surface area contributed by atoms with Gasteiger partial charge in [0.1, 0.15) is 0 Å². The molecule has 0 aliphatic carbocycles. The highest BCUT2D eigenvalue weighted by Gasteiger charge is 2.25. The molecule has 0 aromatic heterocycles. The van der Waals surface area contributed by atoms with Crippen LogP contribution < -0.4 is 4.90 Å². The van der Waals surface area contributed by atoms with Gasteiger partial charge < -0.3 is 4.90 Å². The Morgan fingerprint density at radius 3 is 2.46 bits per heavy atom. The average molecular weight is 331 g/mol. The number of hydrogen-bond donors (Lipinski definition) is 0. The van der Waals surface area contributed by atoms with Gasteiger partial charge in [-0.3, -0.25) is 4.79 Å². The van der Waals surface area contributed by atoms with Gasteiger partial charge in [0.2, 0.25) is 0 Å². The molecule has 0 radical (unpaired) electrons. The molecule has 1 heterocycles. The maximum absolute atomic E-state index is 11.8. The molecule has 0 unspecified atom stereocenters. The van der Waals surface area contributed by atoms with Crippen LogP contribution in [0.5, 0.6) is 0 Å². The van der Waals surface area contributed by atoms with Gasteiger partial charge in [-0.2, -0.15) is 0 Å². The van der Waals surface area contributed by atoms with Crippen LogP contribution in [0.3, 0.4) is 0 Å². The topological polar surface area (TPSA) is 20.3 Å². The second kappa shape index (κ2) is 5.84. The number of hydrogen-bond acceptors (Lipinski definition) is 3. The van der Waals surface area contributed by atoms with Crippen LogP contribution in [0.1, 0.15) is 22.8 Å². The molecule has 0 saturated carbocycles. The van der Waals surface area contributed by atoms with Crippen molar-refractivity contribution >= 4 is 34.6 Å². The predicted molar refractivity (Wildman–Crippen MR) is 100.0 cm³/mol. The molecule has 24 heavy (non-hydrogen) atoms. The third kappa shape index (κ3) is 2.51. The van der Waals surface area contributed by atoms with Gasteiger partial charge in [-0.15, -0.1) is 0 Å². The molecule has 0 spiro atoms. The molecule has 4 rings (SSSR count). The molecule has 3 aromatic carbocycles. The third-order valence-electron chi connectivity index (χ3n) is 4.19. The number of ketones is 1. The normalized spacial score (nSPS) is 12.5. The molecule has 0 N–H and O–H groups in total. The van der Waals surface area contributed by atoms with Crippen LogP contribution in [-0.2, 0) is 0 Å². The SMILES string of the molecule is CC(=O)c1ccc2c(c1)N(c1cccc(C)c1)c1ccccc1S2. The molecular formula is C21H17NOS. The van der Waals surface area contributed by atoms with Crippen molar-refractivity contribution in [3.8, 4) is 0 Å². The fourth-order valence-corrected chi connectivity index (χ4v) is 4.06. The third-order valence-corrected chi connectivity index (χ3v) is 5.32. The van der Waals surface area contributed by atoms with E-state index in [2.05, 4.69) is 66.4 Å². The van der Waals surface area contributed by atoms with E-state index in [9.17, 15) is 4.79 Å². The summed E-state index contributed by atoms with van der Waals surface area (Å²) in [6.07, 6.45) is 0. The molecule has 0 bridgehead atoms. The summed E-state index contributed by atoms with van der Waals surface area (Å²) < 4.78 is 0. The largest absolute Gasteiger partial charge is 0.308 e. The second-order valence-electron chi connectivity index (χ2n) is 5.98. The summed E-state index contributed by atoms with van der Waals surface area (Å²) in [6, 6.07) is 22.8. The maximum Gasteiger partial charge on any atom is 0.159 e. The van der Waals surface area contributed by atoms with Gasteiger partial charge in [0.05, 0.1) is 11.4 Å². The number of Topliss-reactive ketones (excluding diaryl/α,β-unsaturated/α-hetero) is 1. The Balaban J connectivity index is 1.97. The van der Waals surface area contributed by atoms with Crippen molar-refractivity contribution in [3.63, 3.8) is 0 Å². The van der Waals surface area contributed by atoms with Gasteiger partial charge in [0.25, 0.3) is 0 Å². The first kappa shape index (κ1) is 15.0. The van der Waals surface area contributed by atoms with Crippen LogP contribution in [0.25, 0.3) is 0 Å². The molecule has 0 atom stereocenters. The summed E-state index contributed by atoms with van der Waals surface area (Å²) in [7, 11) is 0. The van der Waals surface area contributed by atoms with Crippen molar-refractivity contribution in [1.29, 1.82) is 0 Å². The molecule has 3 aromatic rings. The highest BCUT2D eigenvalue weighted by Crippen LogP contribution is 2.51. The number of carbonyl (C=O) groups excluding carboxylic acids is 1. The molecule has 2 nitrogen and oxygen atoms in total. The Bertz CT molecular complexity index is 948. The highest BCUT2D eigenvalue weighted by molar-refractivity contribution is 7.99. The van der Waals surface area contributed by atoms with Gasteiger partial charge in [-0.1, -0.05) is 42.1 Å². The standard InChI is InChI=1S/C21H17NOS/c1-14-6-5-7-17(12-14)22-18-8-3-4-9-20(18)24-21-11-10-16(15(2)23)13-19(21)22/h3-13H,1-2H3. The Labute approximate surface area is 146 Å². The first-order chi connectivity index (χ1) is 11.6. The minimum Gasteiger partial charge on any atom is -0.308 e. The van der Waals surface area contributed by atoms with Crippen LogP contribution >= 0.6 is 11.8 Å². The van der Waals surface area contributed by atoms with Crippen LogP contribution in [0, 0.1) is 6.92 Å². The summed E-state index contributed by atoms with van der Waals surface area (Å²) >= 11 is 1.75. The zero-order valence-electron chi connectivity index (χ0n) is 13.6. The minimum absolute atomic E-state index is 0.0888. The first-order valence-electron chi connectivity index (χ1n) is 7.92. The number of fused-ring (bicyclic) bond motifs is 2. The summed E-state index contributed by atoms with van der Waals surface area (Å²) in [5, 5.41) is 0. The summed E-state index contributed by atoms with van der Waals surface area (Å²) in [5.41, 5.74) is 5.29. The highest BCUT2D eigenvalue weighted by atomic mass is 32.2. The number of benzene rings is 3. The van der Waals surface area contributed by atoms with E-state index in [0.29, 0.717) is 0 Å². The maximum atomic E-state index is 11.8. The molecule has 0 saturated heterocycles. The number of para-hydroxylation sites is 1. The molecule has 3 heteroatoms. The predicted octanol–water partition coefficient (Wildman–Crippen LogP) is 6.13. The lowest BCUT2D eigenvalue weighted by Gasteiger charge is -2.33. The average Bonchev–Trinajstić information content (AvgIpc) is 2.59. The second-order valence-corrected chi connectivity index (χ2v) is 7.07. The smallest absolute Gasteiger partial charge is 0.159 e. The lowest BCUT2D eigenvalue weighted by Crippen LogP contribution is -2.15. The van der Waals surface area contributed by atoms with Gasteiger partial charge >= 0.3 is 0 Å². The lowest BCUT2D eigenvalue weighted by molar-refractivity contribution is 0.101. The number of rotatable bonds is 2. The number of anilines is 3. The summed E-state index contributed by atoms with van der Waals surface area (Å²) in [5.74, 6) is 0.0888. The van der Waals surface area contributed by atoms with Crippen molar-refractivity contribution in [2.24, 2.45) is 0 Å². The van der Waals surface area contributed by atoms with Gasteiger partial charge in [-0.05, 0) is 55.8 Å². The molecule has 118 valence electrons. The molecular weight excluding hydrogens is 314 g/mol. The molecule has 0 amide bonds. The zero-order chi connectivity index (χ0) is 16.7. The Morgan fingerprint density at radius 2 is 1.67 bits per heavy atom. The Hall–Kier alpha value is -2.52. The van der Waals surface area contributed by atoms with Crippen LogP contribution in [-0.4, -0.2) is 5.78 Å². The Morgan fingerprint density at radius 1 is 0.875 bits per heavy atom. The van der Waals surface area contributed by atoms with E-state index >= 15 is 0 Å². The monoisotopic (exact) mass is 331 g/mol. The van der Waals surface area contributed by atoms with Crippen LogP contribution in [0.4, 0.5) is 17.1 Å². The van der Waals surface area contributed by atoms with Crippen molar-refractivity contribution < 1.29 is 4.79 Å². The quantitative estimate of drug-likeness (QED) is 0.412. The molecule has 1 aliphatic rings. The van der Waals surface area contributed by atoms with E-state index in [0.717, 1.165) is 22.6 Å². The Kier molecular flexibility index (Phi) is 3.66. The number of carbonyl (C=O) groups is 1. The fourth-order valence-electron chi connectivity index (χ4n) is 3.02. The zero-order valence-corrected chi connectivity index (χ0v) is 14.4. The van der Waals surface area contributed by atoms with E-state index in [1.165, 1.54) is 15.4 Å². The van der Waals surface area contributed by atoms with Crippen molar-refractivity contribution in [3.05, 3.63) is 77.9 Å². The van der Waals surface area contributed by atoms with E-state index in [1.54, 1.807) is 18.7 Å². The number of aryl methyl sites for hydroxylation is 1. The summed E-state index contributed by atoms with van der Waals surface area (Å²) in [4.78, 5) is 16.5. The van der Waals surface area contributed by atoms with E-state index in [1.807, 2.05) is 12.1 Å². The van der Waals surface area contributed by atoms with Gasteiger partial charge in [0, 0.05) is 21.0 Å². The molecule has 0 fully saturated rings.